The van der Waals surface area contributed by atoms with Crippen LogP contribution in [-0.2, 0) is 19.1 Å². The molecule has 1 aliphatic rings. The van der Waals surface area contributed by atoms with Gasteiger partial charge in [-0.3, -0.25) is 4.79 Å². The van der Waals surface area contributed by atoms with Gasteiger partial charge >= 0.3 is 5.97 Å². The summed E-state index contributed by atoms with van der Waals surface area (Å²) in [4.78, 5) is 23.4. The number of hydrogen-bond acceptors (Lipinski definition) is 5. The summed E-state index contributed by atoms with van der Waals surface area (Å²) < 4.78 is 11.1. The predicted molar refractivity (Wildman–Crippen MR) is 84.2 cm³/mol. The van der Waals surface area contributed by atoms with Gasteiger partial charge in [-0.15, -0.1) is 0 Å². The van der Waals surface area contributed by atoms with Gasteiger partial charge in [-0.05, 0) is 32.3 Å². The Morgan fingerprint density at radius 3 is 2.50 bits per heavy atom. The van der Waals surface area contributed by atoms with Gasteiger partial charge in [-0.25, -0.2) is 4.79 Å². The Morgan fingerprint density at radius 2 is 2.00 bits per heavy atom. The first-order valence-electron chi connectivity index (χ1n) is 7.98. The second-order valence-corrected chi connectivity index (χ2v) is 5.55. The third-order valence-corrected chi connectivity index (χ3v) is 3.80. The second kappa shape index (κ2) is 8.90. The first-order chi connectivity index (χ1) is 10.4. The van der Waals surface area contributed by atoms with E-state index in [4.69, 9.17) is 15.2 Å². The minimum atomic E-state index is -0.419. The molecule has 0 aliphatic heterocycles. The molecule has 3 atom stereocenters. The largest absolute Gasteiger partial charge is 0.463 e. The maximum Gasteiger partial charge on any atom is 0.333 e. The van der Waals surface area contributed by atoms with Crippen LogP contribution in [0.5, 0.6) is 0 Å². The molecule has 0 heterocycles. The number of ether oxygens (including phenoxy) is 2. The standard InChI is InChI=1S/C16H28N2O4/c1-5-12(6-2)22-14-9-11(16(20)21-7-3)8-13(17)15(14)18-10(4)19/h9,12-15H,5-8,17H2,1-4H3,(H,18,19)/t13-,14-,15-/m0/s1. The Kier molecular flexibility index (Phi) is 7.55. The SMILES string of the molecule is CCOC(=O)C1=C[C@H](OC(CC)CC)[C@@H](NC(C)=O)[C@@H](N)C1. The van der Waals surface area contributed by atoms with E-state index in [9.17, 15) is 9.59 Å². The molecule has 0 aromatic heterocycles. The Labute approximate surface area is 132 Å². The molecule has 3 N–H and O–H groups in total. The van der Waals surface area contributed by atoms with E-state index < -0.39 is 6.10 Å². The van der Waals surface area contributed by atoms with E-state index in [2.05, 4.69) is 5.32 Å². The van der Waals surface area contributed by atoms with Crippen molar-refractivity contribution < 1.29 is 19.1 Å². The lowest BCUT2D eigenvalue weighted by Gasteiger charge is -2.36. The van der Waals surface area contributed by atoms with Crippen LogP contribution >= 0.6 is 0 Å². The molecule has 0 aromatic rings. The van der Waals surface area contributed by atoms with Crippen LogP contribution < -0.4 is 11.1 Å². The van der Waals surface area contributed by atoms with E-state index >= 15 is 0 Å². The van der Waals surface area contributed by atoms with Crippen molar-refractivity contribution >= 4 is 11.9 Å². The first kappa shape index (κ1) is 18.6. The minimum absolute atomic E-state index is 0.0613. The predicted octanol–water partition coefficient (Wildman–Crippen LogP) is 1.29. The lowest BCUT2D eigenvalue weighted by Crippen LogP contribution is -2.57. The maximum absolute atomic E-state index is 12.0. The fraction of sp³-hybridized carbons (Fsp3) is 0.750. The smallest absolute Gasteiger partial charge is 0.333 e. The Hall–Kier alpha value is -1.40. The lowest BCUT2D eigenvalue weighted by molar-refractivity contribution is -0.139. The molecule has 0 fully saturated rings. The van der Waals surface area contributed by atoms with Crippen molar-refractivity contribution in [3.05, 3.63) is 11.6 Å². The zero-order chi connectivity index (χ0) is 16.7. The van der Waals surface area contributed by atoms with Crippen LogP contribution in [0, 0.1) is 0 Å². The summed E-state index contributed by atoms with van der Waals surface area (Å²) >= 11 is 0. The van der Waals surface area contributed by atoms with Crippen LogP contribution in [0.1, 0.15) is 47.0 Å². The van der Waals surface area contributed by atoms with E-state index in [1.165, 1.54) is 6.92 Å². The highest BCUT2D eigenvalue weighted by Gasteiger charge is 2.35. The van der Waals surface area contributed by atoms with E-state index in [0.29, 0.717) is 18.6 Å². The van der Waals surface area contributed by atoms with Crippen molar-refractivity contribution in [2.75, 3.05) is 6.61 Å². The molecule has 0 saturated carbocycles. The van der Waals surface area contributed by atoms with Crippen LogP contribution in [0.3, 0.4) is 0 Å². The van der Waals surface area contributed by atoms with Gasteiger partial charge in [-0.1, -0.05) is 13.8 Å². The van der Waals surface area contributed by atoms with Crippen molar-refractivity contribution in [1.29, 1.82) is 0 Å². The summed E-state index contributed by atoms with van der Waals surface area (Å²) in [5.41, 5.74) is 6.68. The normalized spacial score (nSPS) is 24.8. The van der Waals surface area contributed by atoms with E-state index in [0.717, 1.165) is 12.8 Å². The highest BCUT2D eigenvalue weighted by Crippen LogP contribution is 2.24. The molecule has 0 radical (unpaired) electrons. The Balaban J connectivity index is 2.98. The van der Waals surface area contributed by atoms with E-state index in [1.54, 1.807) is 13.0 Å². The van der Waals surface area contributed by atoms with Gasteiger partial charge in [0.15, 0.2) is 0 Å². The molecular formula is C16H28N2O4. The van der Waals surface area contributed by atoms with Gasteiger partial charge in [0.05, 0.1) is 24.9 Å². The van der Waals surface area contributed by atoms with Gasteiger partial charge in [0.25, 0.3) is 0 Å². The molecule has 1 amide bonds. The highest BCUT2D eigenvalue weighted by atomic mass is 16.5. The van der Waals surface area contributed by atoms with Crippen LogP contribution in [-0.4, -0.2) is 42.8 Å². The maximum atomic E-state index is 12.0. The Morgan fingerprint density at radius 1 is 1.36 bits per heavy atom. The molecule has 126 valence electrons. The summed E-state index contributed by atoms with van der Waals surface area (Å²) in [7, 11) is 0. The number of nitrogens with one attached hydrogen (secondary N) is 1. The zero-order valence-corrected chi connectivity index (χ0v) is 13.9. The third-order valence-electron chi connectivity index (χ3n) is 3.80. The van der Waals surface area contributed by atoms with Crippen LogP contribution in [0.25, 0.3) is 0 Å². The molecular weight excluding hydrogens is 284 g/mol. The van der Waals surface area contributed by atoms with Gasteiger partial charge in [0.2, 0.25) is 5.91 Å². The van der Waals surface area contributed by atoms with Crippen molar-refractivity contribution in [2.45, 2.75) is 71.2 Å². The fourth-order valence-corrected chi connectivity index (χ4v) is 2.62. The summed E-state index contributed by atoms with van der Waals surface area (Å²) in [6.45, 7) is 7.62. The number of nitrogens with two attached hydrogens (primary N) is 1. The number of rotatable bonds is 7. The average molecular weight is 312 g/mol. The molecule has 0 bridgehead atoms. The molecule has 6 nitrogen and oxygen atoms in total. The number of esters is 1. The monoisotopic (exact) mass is 312 g/mol. The number of carbonyl (C=O) groups is 2. The number of hydrogen-bond donors (Lipinski definition) is 2. The van der Waals surface area contributed by atoms with Gasteiger partial charge in [0.1, 0.15) is 0 Å². The molecule has 0 spiro atoms. The topological polar surface area (TPSA) is 90.6 Å². The van der Waals surface area contributed by atoms with Gasteiger partial charge in [0, 0.05) is 18.5 Å². The minimum Gasteiger partial charge on any atom is -0.463 e. The lowest BCUT2D eigenvalue weighted by atomic mass is 9.88. The summed E-state index contributed by atoms with van der Waals surface area (Å²) in [6, 6.07) is -0.719. The van der Waals surface area contributed by atoms with Gasteiger partial charge < -0.3 is 20.5 Å². The van der Waals surface area contributed by atoms with E-state index in [1.807, 2.05) is 13.8 Å². The first-order valence-corrected chi connectivity index (χ1v) is 7.98. The molecule has 1 aliphatic carbocycles. The average Bonchev–Trinajstić information content (AvgIpc) is 2.47. The van der Waals surface area contributed by atoms with Crippen LogP contribution in [0.4, 0.5) is 0 Å². The van der Waals surface area contributed by atoms with Crippen molar-refractivity contribution in [3.63, 3.8) is 0 Å². The number of carbonyl (C=O) groups excluding carboxylic acids is 2. The molecule has 22 heavy (non-hydrogen) atoms. The molecule has 0 aromatic carbocycles. The van der Waals surface area contributed by atoms with Crippen molar-refractivity contribution in [3.8, 4) is 0 Å². The van der Waals surface area contributed by atoms with Crippen LogP contribution in [0.2, 0.25) is 0 Å². The Bertz CT molecular complexity index is 418. The zero-order valence-electron chi connectivity index (χ0n) is 13.9. The highest BCUT2D eigenvalue weighted by molar-refractivity contribution is 5.89. The summed E-state index contributed by atoms with van der Waals surface area (Å²) in [5, 5.41) is 2.84. The molecule has 0 saturated heterocycles. The fourth-order valence-electron chi connectivity index (χ4n) is 2.62. The van der Waals surface area contributed by atoms with Crippen molar-refractivity contribution in [2.24, 2.45) is 5.73 Å². The van der Waals surface area contributed by atoms with Gasteiger partial charge in [-0.2, -0.15) is 0 Å². The van der Waals surface area contributed by atoms with Crippen molar-refractivity contribution in [1.82, 2.24) is 5.32 Å². The molecule has 0 unspecified atom stereocenters. The van der Waals surface area contributed by atoms with E-state index in [-0.39, 0.29) is 30.1 Å². The summed E-state index contributed by atoms with van der Waals surface area (Å²) in [5.74, 6) is -0.524. The van der Waals surface area contributed by atoms with Crippen LogP contribution in [0.15, 0.2) is 11.6 Å². The quantitative estimate of drug-likeness (QED) is 0.691. The second-order valence-electron chi connectivity index (χ2n) is 5.55. The number of amides is 1. The third kappa shape index (κ3) is 5.10. The summed E-state index contributed by atoms with van der Waals surface area (Å²) in [6.07, 6.45) is 3.48. The molecule has 6 heteroatoms. The molecule has 1 rings (SSSR count).